The first-order valence-corrected chi connectivity index (χ1v) is 15.1. The van der Waals surface area contributed by atoms with Gasteiger partial charge in [-0.1, -0.05) is 67.1 Å². The molecule has 0 bridgehead atoms. The minimum absolute atomic E-state index is 0.196. The largest absolute Gasteiger partial charge is 0.496 e. The van der Waals surface area contributed by atoms with E-state index in [4.69, 9.17) is 24.3 Å². The Morgan fingerprint density at radius 3 is 2.41 bits per heavy atom. The molecule has 0 aliphatic carbocycles. The number of hydrogen-bond acceptors (Lipinski definition) is 8. The number of rotatable bonds is 11. The first-order chi connectivity index (χ1) is 21.3. The van der Waals surface area contributed by atoms with Crippen LogP contribution < -0.4 is 24.4 Å². The van der Waals surface area contributed by atoms with E-state index in [9.17, 15) is 14.4 Å². The van der Waals surface area contributed by atoms with E-state index in [1.165, 1.54) is 11.3 Å². The molecule has 0 saturated heterocycles. The first kappa shape index (κ1) is 30.5. The van der Waals surface area contributed by atoms with Crippen LogP contribution in [0.3, 0.4) is 0 Å². The highest BCUT2D eigenvalue weighted by Crippen LogP contribution is 2.36. The maximum absolute atomic E-state index is 14.0. The highest BCUT2D eigenvalue weighted by Gasteiger charge is 2.35. The molecule has 1 N–H and O–H groups in total. The van der Waals surface area contributed by atoms with Crippen molar-refractivity contribution in [3.05, 3.63) is 126 Å². The number of para-hydroxylation sites is 1. The molecule has 0 radical (unpaired) electrons. The van der Waals surface area contributed by atoms with Crippen LogP contribution in [0.15, 0.2) is 93.9 Å². The fraction of sp³-hybridized carbons (Fsp3) is 0.235. The lowest BCUT2D eigenvalue weighted by Crippen LogP contribution is -2.40. The number of fused-ring (bicyclic) bond motifs is 1. The second-order valence-corrected chi connectivity index (χ2v) is 11.0. The van der Waals surface area contributed by atoms with E-state index < -0.39 is 18.0 Å². The number of thiazole rings is 1. The minimum atomic E-state index is -0.975. The number of ether oxygens (including phenoxy) is 3. The van der Waals surface area contributed by atoms with Gasteiger partial charge in [0.25, 0.3) is 5.56 Å². The van der Waals surface area contributed by atoms with Gasteiger partial charge in [0.15, 0.2) is 4.80 Å². The summed E-state index contributed by atoms with van der Waals surface area (Å²) >= 11 is 1.27. The van der Waals surface area contributed by atoms with E-state index in [0.29, 0.717) is 44.1 Å². The van der Waals surface area contributed by atoms with Crippen LogP contribution in [0.1, 0.15) is 59.8 Å². The third kappa shape index (κ3) is 6.35. The van der Waals surface area contributed by atoms with Gasteiger partial charge in [-0.15, -0.1) is 0 Å². The number of benzene rings is 3. The van der Waals surface area contributed by atoms with E-state index in [0.717, 1.165) is 17.5 Å². The molecule has 0 saturated carbocycles. The van der Waals surface area contributed by atoms with Crippen molar-refractivity contribution in [3.8, 4) is 11.5 Å². The van der Waals surface area contributed by atoms with Crippen LogP contribution in [0.5, 0.6) is 11.5 Å². The van der Waals surface area contributed by atoms with Gasteiger partial charge in [0, 0.05) is 5.56 Å². The van der Waals surface area contributed by atoms with Crippen LogP contribution in [0.2, 0.25) is 0 Å². The summed E-state index contributed by atoms with van der Waals surface area (Å²) in [7, 11) is 1.56. The summed E-state index contributed by atoms with van der Waals surface area (Å²) < 4.78 is 19.0. The molecule has 0 amide bonds. The molecule has 44 heavy (non-hydrogen) atoms. The molecule has 1 atom stereocenters. The Hall–Kier alpha value is -4.96. The third-order valence-corrected chi connectivity index (χ3v) is 8.09. The summed E-state index contributed by atoms with van der Waals surface area (Å²) in [6.45, 7) is 4.24. The van der Waals surface area contributed by atoms with E-state index in [1.807, 2.05) is 55.5 Å². The van der Waals surface area contributed by atoms with E-state index in [2.05, 4.69) is 0 Å². The van der Waals surface area contributed by atoms with Gasteiger partial charge in [-0.3, -0.25) is 9.36 Å². The smallest absolute Gasteiger partial charge is 0.338 e. The molecule has 3 aromatic carbocycles. The normalized spacial score (nSPS) is 14.5. The number of aromatic nitrogens is 1. The summed E-state index contributed by atoms with van der Waals surface area (Å²) in [6.07, 6.45) is 3.11. The summed E-state index contributed by atoms with van der Waals surface area (Å²) in [6, 6.07) is 20.4. The standard InChI is InChI=1S/C34H32N2O7S/c1-4-8-26-29(33(40)42-5-2)30(25-9-6-7-10-27(25)41-3)36-31(37)28(44-34(36)35-26)19-21-13-17-24(18-14-21)43-20-22-11-15-23(16-12-22)32(38)39/h6-7,9-19,30H,4-5,8,20H2,1-3H3,(H,38,39)/b28-19+. The molecule has 1 aromatic heterocycles. The number of carboxylic acid groups (broad SMARTS) is 1. The molecule has 1 unspecified atom stereocenters. The lowest BCUT2D eigenvalue weighted by atomic mass is 9.93. The van der Waals surface area contributed by atoms with Crippen LogP contribution >= 0.6 is 11.3 Å². The lowest BCUT2D eigenvalue weighted by Gasteiger charge is -2.26. The lowest BCUT2D eigenvalue weighted by molar-refractivity contribution is -0.139. The van der Waals surface area contributed by atoms with Gasteiger partial charge in [-0.2, -0.15) is 0 Å². The fourth-order valence-corrected chi connectivity index (χ4v) is 6.05. The molecule has 1 aliphatic rings. The number of esters is 1. The molecule has 1 aliphatic heterocycles. The maximum Gasteiger partial charge on any atom is 0.338 e. The van der Waals surface area contributed by atoms with Gasteiger partial charge in [0.05, 0.1) is 35.1 Å². The molecule has 0 spiro atoms. The van der Waals surface area contributed by atoms with Crippen molar-refractivity contribution in [3.63, 3.8) is 0 Å². The number of allylic oxidation sites excluding steroid dienone is 1. The second-order valence-electron chi connectivity index (χ2n) is 10.0. The highest BCUT2D eigenvalue weighted by atomic mass is 32.1. The van der Waals surface area contributed by atoms with Crippen molar-refractivity contribution in [1.82, 2.24) is 4.57 Å². The number of nitrogens with zero attached hydrogens (tertiary/aromatic N) is 2. The number of carboxylic acids is 1. The van der Waals surface area contributed by atoms with Crippen LogP contribution in [-0.2, 0) is 16.1 Å². The molecule has 0 fully saturated rings. The zero-order chi connectivity index (χ0) is 31.2. The van der Waals surface area contributed by atoms with Crippen LogP contribution in [0.25, 0.3) is 6.08 Å². The van der Waals surface area contributed by atoms with Gasteiger partial charge in [0.2, 0.25) is 0 Å². The van der Waals surface area contributed by atoms with Crippen LogP contribution in [0.4, 0.5) is 0 Å². The predicted octanol–water partition coefficient (Wildman–Crippen LogP) is 4.86. The monoisotopic (exact) mass is 612 g/mol. The molecular weight excluding hydrogens is 580 g/mol. The van der Waals surface area contributed by atoms with Crippen LogP contribution in [-0.4, -0.2) is 35.3 Å². The second kappa shape index (κ2) is 13.6. The van der Waals surface area contributed by atoms with Crippen molar-refractivity contribution in [2.24, 2.45) is 4.99 Å². The number of carbonyl (C=O) groups is 2. The SMILES string of the molecule is CCCC1=C(C(=O)OCC)C(c2ccccc2OC)n2c(s/c(=C/c3ccc(OCc4ccc(C(=O)O)cc4)cc3)c2=O)=N1. The molecule has 226 valence electrons. The minimum Gasteiger partial charge on any atom is -0.496 e. The molecule has 10 heteroatoms. The highest BCUT2D eigenvalue weighted by molar-refractivity contribution is 7.07. The summed E-state index contributed by atoms with van der Waals surface area (Å²) in [5.74, 6) is -0.291. The Morgan fingerprint density at radius 2 is 1.75 bits per heavy atom. The molecule has 9 nitrogen and oxygen atoms in total. The Morgan fingerprint density at radius 1 is 1.02 bits per heavy atom. The number of carbonyl (C=O) groups excluding carboxylic acids is 1. The van der Waals surface area contributed by atoms with Crippen molar-refractivity contribution in [2.45, 2.75) is 39.3 Å². The third-order valence-electron chi connectivity index (χ3n) is 7.11. The Labute approximate surface area is 258 Å². The Bertz CT molecular complexity index is 1890. The summed E-state index contributed by atoms with van der Waals surface area (Å²) in [5.41, 5.74) is 3.21. The van der Waals surface area contributed by atoms with Crippen molar-refractivity contribution in [1.29, 1.82) is 0 Å². The topological polar surface area (TPSA) is 116 Å². The first-order valence-electron chi connectivity index (χ1n) is 14.2. The van der Waals surface area contributed by atoms with E-state index in [1.54, 1.807) is 48.9 Å². The average molecular weight is 613 g/mol. The van der Waals surface area contributed by atoms with Crippen LogP contribution in [0, 0.1) is 0 Å². The maximum atomic E-state index is 14.0. The molecule has 5 rings (SSSR count). The van der Waals surface area contributed by atoms with Gasteiger partial charge in [-0.25, -0.2) is 14.6 Å². The van der Waals surface area contributed by atoms with Crippen molar-refractivity contribution in [2.75, 3.05) is 13.7 Å². The molecular formula is C34H32N2O7S. The zero-order valence-corrected chi connectivity index (χ0v) is 25.4. The zero-order valence-electron chi connectivity index (χ0n) is 24.6. The van der Waals surface area contributed by atoms with Gasteiger partial charge < -0.3 is 19.3 Å². The molecule has 4 aromatic rings. The Balaban J connectivity index is 1.51. The van der Waals surface area contributed by atoms with E-state index in [-0.39, 0.29) is 24.3 Å². The average Bonchev–Trinajstić information content (AvgIpc) is 3.34. The summed E-state index contributed by atoms with van der Waals surface area (Å²) in [4.78, 5) is 43.7. The van der Waals surface area contributed by atoms with E-state index >= 15 is 0 Å². The van der Waals surface area contributed by atoms with Crippen molar-refractivity contribution < 1.29 is 28.9 Å². The number of methoxy groups -OCH3 is 1. The number of hydrogen-bond donors (Lipinski definition) is 1. The number of aromatic carboxylic acids is 1. The summed E-state index contributed by atoms with van der Waals surface area (Å²) in [5, 5.41) is 9.07. The molecule has 2 heterocycles. The van der Waals surface area contributed by atoms with Gasteiger partial charge in [-0.05, 0) is 60.9 Å². The quantitative estimate of drug-likeness (QED) is 0.241. The fourth-order valence-electron chi connectivity index (χ4n) is 5.03. The van der Waals surface area contributed by atoms with Crippen molar-refractivity contribution >= 4 is 29.4 Å². The Kier molecular flexibility index (Phi) is 9.40. The predicted molar refractivity (Wildman–Crippen MR) is 167 cm³/mol. The van der Waals surface area contributed by atoms with Gasteiger partial charge >= 0.3 is 11.9 Å². The van der Waals surface area contributed by atoms with Gasteiger partial charge in [0.1, 0.15) is 24.1 Å².